The smallest absolute Gasteiger partial charge is 0.161 e. The standard InChI is InChI=1S/C18H18INO2/c1-3-5-14-10-13(11-17(18(14)21)22-4-2)12-20-16-8-6-15(19)7-9-16/h3,6-12,21H,1,4-5H2,2H3. The predicted octanol–water partition coefficient (Wildman–Crippen LogP) is 4.87. The van der Waals surface area contributed by atoms with Gasteiger partial charge >= 0.3 is 0 Å². The van der Waals surface area contributed by atoms with Gasteiger partial charge in [-0.1, -0.05) is 6.08 Å². The van der Waals surface area contributed by atoms with E-state index in [4.69, 9.17) is 4.74 Å². The summed E-state index contributed by atoms with van der Waals surface area (Å²) in [6.07, 6.45) is 4.11. The van der Waals surface area contributed by atoms with Crippen LogP contribution >= 0.6 is 22.6 Å². The summed E-state index contributed by atoms with van der Waals surface area (Å²) in [5.41, 5.74) is 2.55. The second-order valence-corrected chi connectivity index (χ2v) is 5.93. The van der Waals surface area contributed by atoms with Gasteiger partial charge in [-0.3, -0.25) is 4.99 Å². The van der Waals surface area contributed by atoms with Gasteiger partial charge in [0.05, 0.1) is 12.3 Å². The number of benzene rings is 2. The molecule has 0 saturated carbocycles. The fraction of sp³-hybridized carbons (Fsp3) is 0.167. The summed E-state index contributed by atoms with van der Waals surface area (Å²) in [4.78, 5) is 4.46. The first kappa shape index (κ1) is 16.5. The van der Waals surface area contributed by atoms with E-state index in [2.05, 4.69) is 34.2 Å². The van der Waals surface area contributed by atoms with Crippen LogP contribution in [0.2, 0.25) is 0 Å². The van der Waals surface area contributed by atoms with Gasteiger partial charge in [0.25, 0.3) is 0 Å². The van der Waals surface area contributed by atoms with Crippen LogP contribution in [-0.2, 0) is 6.42 Å². The molecule has 114 valence electrons. The van der Waals surface area contributed by atoms with Crippen molar-refractivity contribution in [3.05, 3.63) is 63.8 Å². The fourth-order valence-corrected chi connectivity index (χ4v) is 2.38. The van der Waals surface area contributed by atoms with E-state index in [1.807, 2.05) is 37.3 Å². The molecule has 0 aliphatic carbocycles. The number of rotatable bonds is 6. The molecule has 2 aromatic rings. The second kappa shape index (κ2) is 7.98. The maximum absolute atomic E-state index is 10.2. The third-order valence-electron chi connectivity index (χ3n) is 3.03. The van der Waals surface area contributed by atoms with E-state index in [0.29, 0.717) is 18.8 Å². The molecule has 0 bridgehead atoms. The number of aromatic hydroxyl groups is 1. The Kier molecular flexibility index (Phi) is 6.00. The summed E-state index contributed by atoms with van der Waals surface area (Å²) < 4.78 is 6.66. The van der Waals surface area contributed by atoms with Crippen molar-refractivity contribution in [1.82, 2.24) is 0 Å². The summed E-state index contributed by atoms with van der Waals surface area (Å²) in [6.45, 7) is 6.10. The minimum atomic E-state index is 0.174. The molecule has 2 rings (SSSR count). The van der Waals surface area contributed by atoms with Crippen molar-refractivity contribution in [3.63, 3.8) is 0 Å². The lowest BCUT2D eigenvalue weighted by molar-refractivity contribution is 0.317. The molecule has 0 fully saturated rings. The van der Waals surface area contributed by atoms with Crippen molar-refractivity contribution in [2.24, 2.45) is 4.99 Å². The SMILES string of the molecule is C=CCc1cc(C=Nc2ccc(I)cc2)cc(OCC)c1O. The topological polar surface area (TPSA) is 41.8 Å². The van der Waals surface area contributed by atoms with Crippen LogP contribution in [0, 0.1) is 3.57 Å². The molecule has 4 heteroatoms. The molecule has 1 N–H and O–H groups in total. The van der Waals surface area contributed by atoms with Crippen molar-refractivity contribution >= 4 is 34.5 Å². The summed E-state index contributed by atoms with van der Waals surface area (Å²) in [5, 5.41) is 10.2. The molecule has 0 unspecified atom stereocenters. The first-order valence-corrected chi connectivity index (χ1v) is 8.11. The van der Waals surface area contributed by atoms with Gasteiger partial charge in [-0.2, -0.15) is 0 Å². The maximum atomic E-state index is 10.2. The van der Waals surface area contributed by atoms with E-state index in [-0.39, 0.29) is 5.75 Å². The Hall–Kier alpha value is -1.82. The number of phenolic OH excluding ortho intramolecular Hbond substituents is 1. The van der Waals surface area contributed by atoms with E-state index in [0.717, 1.165) is 16.8 Å². The van der Waals surface area contributed by atoms with Crippen molar-refractivity contribution in [2.75, 3.05) is 6.61 Å². The first-order valence-electron chi connectivity index (χ1n) is 7.03. The van der Waals surface area contributed by atoms with Crippen molar-refractivity contribution < 1.29 is 9.84 Å². The average Bonchev–Trinajstić information content (AvgIpc) is 2.51. The number of hydrogen-bond donors (Lipinski definition) is 1. The zero-order valence-corrected chi connectivity index (χ0v) is 14.6. The van der Waals surface area contributed by atoms with Crippen LogP contribution < -0.4 is 4.74 Å². The molecule has 2 aromatic carbocycles. The molecule has 22 heavy (non-hydrogen) atoms. The summed E-state index contributed by atoms with van der Waals surface area (Å²) in [7, 11) is 0. The molecular weight excluding hydrogens is 389 g/mol. The molecular formula is C18H18INO2. The molecule has 3 nitrogen and oxygen atoms in total. The molecule has 0 aromatic heterocycles. The van der Waals surface area contributed by atoms with Crippen molar-refractivity contribution in [2.45, 2.75) is 13.3 Å². The zero-order chi connectivity index (χ0) is 15.9. The minimum Gasteiger partial charge on any atom is -0.504 e. The number of hydrogen-bond acceptors (Lipinski definition) is 3. The summed E-state index contributed by atoms with van der Waals surface area (Å²) >= 11 is 2.26. The highest BCUT2D eigenvalue weighted by Crippen LogP contribution is 2.32. The minimum absolute atomic E-state index is 0.174. The molecule has 0 amide bonds. The highest BCUT2D eigenvalue weighted by molar-refractivity contribution is 14.1. The molecule has 0 aliphatic heterocycles. The lowest BCUT2D eigenvalue weighted by Gasteiger charge is -2.10. The lowest BCUT2D eigenvalue weighted by Crippen LogP contribution is -1.96. The summed E-state index contributed by atoms with van der Waals surface area (Å²) in [5.74, 6) is 0.652. The van der Waals surface area contributed by atoms with Crippen molar-refractivity contribution in [1.29, 1.82) is 0 Å². The second-order valence-electron chi connectivity index (χ2n) is 4.69. The van der Waals surface area contributed by atoms with E-state index >= 15 is 0 Å². The van der Waals surface area contributed by atoms with Gasteiger partial charge in [0.2, 0.25) is 0 Å². The maximum Gasteiger partial charge on any atom is 0.161 e. The number of allylic oxidation sites excluding steroid dienone is 1. The van der Waals surface area contributed by atoms with Gasteiger partial charge < -0.3 is 9.84 Å². The van der Waals surface area contributed by atoms with Gasteiger partial charge in [-0.25, -0.2) is 0 Å². The van der Waals surface area contributed by atoms with Gasteiger partial charge in [-0.05, 0) is 77.9 Å². The van der Waals surface area contributed by atoms with Crippen molar-refractivity contribution in [3.8, 4) is 11.5 Å². The largest absolute Gasteiger partial charge is 0.504 e. The third kappa shape index (κ3) is 4.34. The van der Waals surface area contributed by atoms with Crippen LogP contribution in [0.25, 0.3) is 0 Å². The molecule has 0 spiro atoms. The van der Waals surface area contributed by atoms with Gasteiger partial charge in [-0.15, -0.1) is 6.58 Å². The highest BCUT2D eigenvalue weighted by atomic mass is 127. The van der Waals surface area contributed by atoms with Crippen LogP contribution in [0.15, 0.2) is 54.0 Å². The Morgan fingerprint density at radius 2 is 2.00 bits per heavy atom. The molecule has 0 saturated heterocycles. The molecule has 0 heterocycles. The Morgan fingerprint density at radius 1 is 1.27 bits per heavy atom. The van der Waals surface area contributed by atoms with E-state index < -0.39 is 0 Å². The average molecular weight is 407 g/mol. The van der Waals surface area contributed by atoms with E-state index in [9.17, 15) is 5.11 Å². The van der Waals surface area contributed by atoms with Crippen LogP contribution in [0.5, 0.6) is 11.5 Å². The monoisotopic (exact) mass is 407 g/mol. The number of nitrogens with zero attached hydrogens (tertiary/aromatic N) is 1. The quantitative estimate of drug-likeness (QED) is 0.422. The molecule has 0 radical (unpaired) electrons. The Bertz CT molecular complexity index is 678. The van der Waals surface area contributed by atoms with Crippen LogP contribution in [0.4, 0.5) is 5.69 Å². The number of ether oxygens (including phenoxy) is 1. The van der Waals surface area contributed by atoms with Gasteiger partial charge in [0, 0.05) is 15.3 Å². The fourth-order valence-electron chi connectivity index (χ4n) is 2.02. The number of phenols is 1. The number of aliphatic imine (C=N–C) groups is 1. The Morgan fingerprint density at radius 3 is 2.64 bits per heavy atom. The predicted molar refractivity (Wildman–Crippen MR) is 99.6 cm³/mol. The third-order valence-corrected chi connectivity index (χ3v) is 3.75. The highest BCUT2D eigenvalue weighted by Gasteiger charge is 2.09. The van der Waals surface area contributed by atoms with Gasteiger partial charge in [0.1, 0.15) is 0 Å². The normalized spacial score (nSPS) is 10.8. The van der Waals surface area contributed by atoms with Crippen LogP contribution in [0.3, 0.4) is 0 Å². The number of halogens is 1. The van der Waals surface area contributed by atoms with E-state index in [1.165, 1.54) is 3.57 Å². The Balaban J connectivity index is 2.32. The van der Waals surface area contributed by atoms with E-state index in [1.54, 1.807) is 18.4 Å². The van der Waals surface area contributed by atoms with Crippen LogP contribution in [-0.4, -0.2) is 17.9 Å². The molecule has 0 atom stereocenters. The first-order chi connectivity index (χ1) is 10.6. The Labute approximate surface area is 144 Å². The van der Waals surface area contributed by atoms with Crippen LogP contribution in [0.1, 0.15) is 18.1 Å². The lowest BCUT2D eigenvalue weighted by atomic mass is 10.1. The summed E-state index contributed by atoms with van der Waals surface area (Å²) in [6, 6.07) is 11.6. The molecule has 0 aliphatic rings. The van der Waals surface area contributed by atoms with Gasteiger partial charge in [0.15, 0.2) is 11.5 Å². The zero-order valence-electron chi connectivity index (χ0n) is 12.4.